The number of amides is 1. The predicted molar refractivity (Wildman–Crippen MR) is 82.2 cm³/mol. The molecule has 0 aromatic heterocycles. The molecule has 0 radical (unpaired) electrons. The molecule has 0 spiro atoms. The van der Waals surface area contributed by atoms with Crippen LogP contribution in [-0.4, -0.2) is 38.1 Å². The number of nitrogens with one attached hydrogen (secondary N) is 1. The number of carbonyl (C=O) groups is 1. The molecule has 1 aliphatic heterocycles. The van der Waals surface area contributed by atoms with E-state index in [2.05, 4.69) is 4.72 Å². The minimum Gasteiger partial charge on any atom is -0.341 e. The van der Waals surface area contributed by atoms with Gasteiger partial charge in [0, 0.05) is 13.1 Å². The summed E-state index contributed by atoms with van der Waals surface area (Å²) in [7, 11) is -3.45. The minimum atomic E-state index is -3.45. The monoisotopic (exact) mass is 310 g/mol. The SMILES string of the molecule is CCCS(=O)(=O)N[C@H](C(=O)N1CCCC1)c1ccccc1. The Balaban J connectivity index is 2.24. The molecule has 1 atom stereocenters. The van der Waals surface area contributed by atoms with Crippen LogP contribution in [0.5, 0.6) is 0 Å². The summed E-state index contributed by atoms with van der Waals surface area (Å²) in [5.74, 6) is -0.123. The lowest BCUT2D eigenvalue weighted by Gasteiger charge is -2.24. The standard InChI is InChI=1S/C15H22N2O3S/c1-2-12-21(19,20)16-14(13-8-4-3-5-9-13)15(18)17-10-6-7-11-17/h3-5,8-9,14,16H,2,6-7,10-12H2,1H3/t14-/m0/s1. The molecule has 116 valence electrons. The first-order valence-electron chi connectivity index (χ1n) is 7.37. The highest BCUT2D eigenvalue weighted by Crippen LogP contribution is 2.20. The fraction of sp³-hybridized carbons (Fsp3) is 0.533. The zero-order valence-electron chi connectivity index (χ0n) is 12.3. The summed E-state index contributed by atoms with van der Waals surface area (Å²) in [4.78, 5) is 14.4. The Bertz CT molecular complexity index is 566. The Morgan fingerprint density at radius 2 is 1.86 bits per heavy atom. The van der Waals surface area contributed by atoms with E-state index in [1.165, 1.54) is 0 Å². The smallest absolute Gasteiger partial charge is 0.245 e. The van der Waals surface area contributed by atoms with Crippen molar-refractivity contribution in [1.29, 1.82) is 0 Å². The Morgan fingerprint density at radius 1 is 1.24 bits per heavy atom. The maximum Gasteiger partial charge on any atom is 0.245 e. The van der Waals surface area contributed by atoms with Gasteiger partial charge in [-0.05, 0) is 24.8 Å². The van der Waals surface area contributed by atoms with Crippen LogP contribution in [0.2, 0.25) is 0 Å². The van der Waals surface area contributed by atoms with Gasteiger partial charge in [0.25, 0.3) is 0 Å². The molecule has 5 nitrogen and oxygen atoms in total. The highest BCUT2D eigenvalue weighted by atomic mass is 32.2. The number of sulfonamides is 1. The second-order valence-corrected chi connectivity index (χ2v) is 7.19. The summed E-state index contributed by atoms with van der Waals surface area (Å²) in [5, 5.41) is 0. The molecule has 1 aromatic rings. The van der Waals surface area contributed by atoms with E-state index >= 15 is 0 Å². The maximum atomic E-state index is 12.6. The van der Waals surface area contributed by atoms with Crippen molar-refractivity contribution in [2.75, 3.05) is 18.8 Å². The highest BCUT2D eigenvalue weighted by Gasteiger charge is 2.30. The van der Waals surface area contributed by atoms with Crippen LogP contribution >= 0.6 is 0 Å². The van der Waals surface area contributed by atoms with Gasteiger partial charge in [-0.25, -0.2) is 8.42 Å². The fourth-order valence-corrected chi connectivity index (χ4v) is 3.79. The van der Waals surface area contributed by atoms with Crippen LogP contribution in [0.15, 0.2) is 30.3 Å². The molecule has 21 heavy (non-hydrogen) atoms. The zero-order chi connectivity index (χ0) is 15.3. The predicted octanol–water partition coefficient (Wildman–Crippen LogP) is 1.68. The minimum absolute atomic E-state index is 0.0314. The fourth-order valence-electron chi connectivity index (χ4n) is 2.53. The van der Waals surface area contributed by atoms with Crippen LogP contribution in [0.3, 0.4) is 0 Å². The molecule has 1 N–H and O–H groups in total. The summed E-state index contributed by atoms with van der Waals surface area (Å²) in [6.45, 7) is 3.22. The largest absolute Gasteiger partial charge is 0.341 e. The summed E-state index contributed by atoms with van der Waals surface area (Å²) in [6.07, 6.45) is 2.48. The molecule has 1 aromatic carbocycles. The van der Waals surface area contributed by atoms with Crippen LogP contribution in [0.25, 0.3) is 0 Å². The molecule has 0 saturated carbocycles. The zero-order valence-corrected chi connectivity index (χ0v) is 13.1. The first-order chi connectivity index (χ1) is 10.0. The van der Waals surface area contributed by atoms with Gasteiger partial charge in [-0.1, -0.05) is 37.3 Å². The number of carbonyl (C=O) groups excluding carboxylic acids is 1. The first-order valence-corrected chi connectivity index (χ1v) is 9.02. The molecule has 1 fully saturated rings. The van der Waals surface area contributed by atoms with E-state index in [9.17, 15) is 13.2 Å². The van der Waals surface area contributed by atoms with Gasteiger partial charge in [-0.3, -0.25) is 4.79 Å². The third-order valence-corrected chi connectivity index (χ3v) is 5.11. The quantitative estimate of drug-likeness (QED) is 0.869. The molecule has 1 saturated heterocycles. The van der Waals surface area contributed by atoms with Crippen molar-refractivity contribution in [1.82, 2.24) is 9.62 Å². The average Bonchev–Trinajstić information content (AvgIpc) is 2.99. The summed E-state index contributed by atoms with van der Waals surface area (Å²) >= 11 is 0. The third-order valence-electron chi connectivity index (χ3n) is 3.57. The number of rotatable bonds is 6. The number of nitrogens with zero attached hydrogens (tertiary/aromatic N) is 1. The van der Waals surface area contributed by atoms with E-state index in [0.717, 1.165) is 12.8 Å². The van der Waals surface area contributed by atoms with Gasteiger partial charge in [0.1, 0.15) is 6.04 Å². The van der Waals surface area contributed by atoms with Crippen LogP contribution in [0.1, 0.15) is 37.8 Å². The summed E-state index contributed by atoms with van der Waals surface area (Å²) < 4.78 is 26.7. The second kappa shape index (κ2) is 7.04. The van der Waals surface area contributed by atoms with Crippen LogP contribution in [-0.2, 0) is 14.8 Å². The van der Waals surface area contributed by atoms with E-state index in [1.54, 1.807) is 24.0 Å². The van der Waals surface area contributed by atoms with Gasteiger partial charge >= 0.3 is 0 Å². The van der Waals surface area contributed by atoms with Crippen molar-refractivity contribution < 1.29 is 13.2 Å². The van der Waals surface area contributed by atoms with Crippen LogP contribution in [0, 0.1) is 0 Å². The Morgan fingerprint density at radius 3 is 2.43 bits per heavy atom. The van der Waals surface area contributed by atoms with E-state index in [4.69, 9.17) is 0 Å². The van der Waals surface area contributed by atoms with Crippen LogP contribution < -0.4 is 4.72 Å². The topological polar surface area (TPSA) is 66.5 Å². The normalized spacial score (nSPS) is 16.9. The molecule has 1 amide bonds. The number of likely N-dealkylation sites (tertiary alicyclic amines) is 1. The van der Waals surface area contributed by atoms with Crippen molar-refractivity contribution in [3.05, 3.63) is 35.9 Å². The molecule has 6 heteroatoms. The van der Waals surface area contributed by atoms with Gasteiger partial charge < -0.3 is 4.90 Å². The van der Waals surface area contributed by atoms with E-state index in [0.29, 0.717) is 25.1 Å². The van der Waals surface area contributed by atoms with E-state index < -0.39 is 16.1 Å². The van der Waals surface area contributed by atoms with E-state index in [-0.39, 0.29) is 11.7 Å². The summed E-state index contributed by atoms with van der Waals surface area (Å²) in [5.41, 5.74) is 0.689. The lowest BCUT2D eigenvalue weighted by molar-refractivity contribution is -0.132. The van der Waals surface area contributed by atoms with Gasteiger partial charge in [0.15, 0.2) is 0 Å². The van der Waals surface area contributed by atoms with Gasteiger partial charge in [-0.2, -0.15) is 4.72 Å². The molecular weight excluding hydrogens is 288 g/mol. The number of benzene rings is 1. The molecule has 1 heterocycles. The molecule has 0 aliphatic carbocycles. The number of hydrogen-bond donors (Lipinski definition) is 1. The Labute approximate surface area is 126 Å². The molecule has 1 aliphatic rings. The van der Waals surface area contributed by atoms with E-state index in [1.807, 2.05) is 18.2 Å². The lowest BCUT2D eigenvalue weighted by atomic mass is 10.1. The van der Waals surface area contributed by atoms with Crippen molar-refractivity contribution in [3.8, 4) is 0 Å². The second-order valence-electron chi connectivity index (χ2n) is 5.31. The third kappa shape index (κ3) is 4.28. The molecule has 0 bridgehead atoms. The molecule has 2 rings (SSSR count). The average molecular weight is 310 g/mol. The number of hydrogen-bond acceptors (Lipinski definition) is 3. The van der Waals surface area contributed by atoms with Crippen molar-refractivity contribution in [3.63, 3.8) is 0 Å². The highest BCUT2D eigenvalue weighted by molar-refractivity contribution is 7.89. The van der Waals surface area contributed by atoms with Crippen molar-refractivity contribution >= 4 is 15.9 Å². The molecular formula is C15H22N2O3S. The Kier molecular flexibility index (Phi) is 5.36. The van der Waals surface area contributed by atoms with Crippen molar-refractivity contribution in [2.45, 2.75) is 32.2 Å². The van der Waals surface area contributed by atoms with Gasteiger partial charge in [-0.15, -0.1) is 0 Å². The lowest BCUT2D eigenvalue weighted by Crippen LogP contribution is -2.42. The molecule has 0 unspecified atom stereocenters. The van der Waals surface area contributed by atoms with Crippen molar-refractivity contribution in [2.24, 2.45) is 0 Å². The van der Waals surface area contributed by atoms with Gasteiger partial charge in [0.05, 0.1) is 5.75 Å². The van der Waals surface area contributed by atoms with Crippen LogP contribution in [0.4, 0.5) is 0 Å². The maximum absolute atomic E-state index is 12.6. The summed E-state index contributed by atoms with van der Waals surface area (Å²) in [6, 6.07) is 8.23. The van der Waals surface area contributed by atoms with Gasteiger partial charge in [0.2, 0.25) is 15.9 Å². The Hall–Kier alpha value is -1.40. The first kappa shape index (κ1) is 16.0.